The first-order valence-electron chi connectivity index (χ1n) is 10.9. The Kier molecular flexibility index (Phi) is 9.96. The number of hydrogen-bond acceptors (Lipinski definition) is 3. The van der Waals surface area contributed by atoms with Crippen molar-refractivity contribution in [1.29, 1.82) is 0 Å². The predicted octanol–water partition coefficient (Wildman–Crippen LogP) is 5.95. The zero-order chi connectivity index (χ0) is 21.1. The van der Waals surface area contributed by atoms with E-state index < -0.39 is 0 Å². The molecule has 0 aliphatic carbocycles. The van der Waals surface area contributed by atoms with E-state index in [4.69, 9.17) is 0 Å². The summed E-state index contributed by atoms with van der Waals surface area (Å²) in [6, 6.07) is 14.5. The minimum absolute atomic E-state index is 0.0361. The van der Waals surface area contributed by atoms with Crippen LogP contribution in [0.1, 0.15) is 68.7 Å². The van der Waals surface area contributed by atoms with Gasteiger partial charge in [-0.15, -0.1) is 0 Å². The fourth-order valence-corrected chi connectivity index (χ4v) is 3.71. The van der Waals surface area contributed by atoms with Crippen LogP contribution in [0, 0.1) is 5.92 Å². The standard InChI is InChI=1S/C26H37NO2/c1-4-21(5-2)9-6-8-20(3)23-10-7-11-26(17-23)27-15-14-22-12-13-24(18-28)25(16-22)19-29/h7-8,10-13,16-17,21,27-29H,4-6,9,14-15,18-19H2,1-3H3/b20-8+. The van der Waals surface area contributed by atoms with Crippen molar-refractivity contribution >= 4 is 11.3 Å². The first-order valence-corrected chi connectivity index (χ1v) is 10.9. The van der Waals surface area contributed by atoms with Gasteiger partial charge in [-0.25, -0.2) is 0 Å². The Morgan fingerprint density at radius 3 is 2.45 bits per heavy atom. The van der Waals surface area contributed by atoms with E-state index in [2.05, 4.69) is 56.4 Å². The minimum Gasteiger partial charge on any atom is -0.392 e. The molecule has 0 aromatic heterocycles. The summed E-state index contributed by atoms with van der Waals surface area (Å²) in [7, 11) is 0. The molecule has 2 aromatic rings. The lowest BCUT2D eigenvalue weighted by molar-refractivity contribution is 0.260. The quantitative estimate of drug-likeness (QED) is 0.416. The van der Waals surface area contributed by atoms with Crippen LogP contribution < -0.4 is 5.32 Å². The summed E-state index contributed by atoms with van der Waals surface area (Å²) in [5.74, 6) is 0.838. The second kappa shape index (κ2) is 12.5. The molecule has 3 N–H and O–H groups in total. The molecule has 0 aliphatic heterocycles. The Balaban J connectivity index is 1.91. The molecular weight excluding hydrogens is 358 g/mol. The van der Waals surface area contributed by atoms with Gasteiger partial charge in [-0.2, -0.15) is 0 Å². The summed E-state index contributed by atoms with van der Waals surface area (Å²) in [6.45, 7) is 7.51. The van der Waals surface area contributed by atoms with Crippen LogP contribution in [0.25, 0.3) is 5.57 Å². The summed E-state index contributed by atoms with van der Waals surface area (Å²) < 4.78 is 0. The van der Waals surface area contributed by atoms with Gasteiger partial charge in [-0.3, -0.25) is 0 Å². The van der Waals surface area contributed by atoms with Crippen molar-refractivity contribution in [1.82, 2.24) is 0 Å². The maximum atomic E-state index is 9.45. The fraction of sp³-hybridized carbons (Fsp3) is 0.462. The van der Waals surface area contributed by atoms with E-state index >= 15 is 0 Å². The molecule has 0 fully saturated rings. The van der Waals surface area contributed by atoms with Crippen molar-refractivity contribution in [3.05, 3.63) is 70.8 Å². The number of nitrogens with one attached hydrogen (secondary N) is 1. The third-order valence-corrected chi connectivity index (χ3v) is 5.85. The van der Waals surface area contributed by atoms with Crippen LogP contribution >= 0.6 is 0 Å². The number of hydrogen-bond donors (Lipinski definition) is 3. The molecule has 0 aliphatic rings. The second-order valence-electron chi connectivity index (χ2n) is 7.82. The molecule has 0 unspecified atom stereocenters. The van der Waals surface area contributed by atoms with Gasteiger partial charge in [0.25, 0.3) is 0 Å². The number of aliphatic hydroxyl groups is 2. The summed E-state index contributed by atoms with van der Waals surface area (Å²) in [4.78, 5) is 0. The lowest BCUT2D eigenvalue weighted by atomic mass is 9.96. The third kappa shape index (κ3) is 7.34. The van der Waals surface area contributed by atoms with Gasteiger partial charge in [-0.1, -0.05) is 63.1 Å². The average Bonchev–Trinajstić information content (AvgIpc) is 2.76. The van der Waals surface area contributed by atoms with Crippen LogP contribution in [0.5, 0.6) is 0 Å². The van der Waals surface area contributed by atoms with Crippen molar-refractivity contribution in [3.8, 4) is 0 Å². The second-order valence-corrected chi connectivity index (χ2v) is 7.82. The molecule has 158 valence electrons. The zero-order valence-corrected chi connectivity index (χ0v) is 18.2. The monoisotopic (exact) mass is 395 g/mol. The van der Waals surface area contributed by atoms with Crippen LogP contribution in [-0.2, 0) is 19.6 Å². The van der Waals surface area contributed by atoms with Gasteiger partial charge < -0.3 is 15.5 Å². The Labute approximate surface area is 176 Å². The molecule has 0 spiro atoms. The van der Waals surface area contributed by atoms with Gasteiger partial charge in [-0.05, 0) is 72.1 Å². The van der Waals surface area contributed by atoms with Gasteiger partial charge in [0.05, 0.1) is 13.2 Å². The molecular formula is C26H37NO2. The Hall–Kier alpha value is -2.10. The fourth-order valence-electron chi connectivity index (χ4n) is 3.71. The highest BCUT2D eigenvalue weighted by molar-refractivity contribution is 5.67. The molecule has 2 aromatic carbocycles. The summed E-state index contributed by atoms with van der Waals surface area (Å²) in [6.07, 6.45) is 8.19. The number of anilines is 1. The number of rotatable bonds is 12. The third-order valence-electron chi connectivity index (χ3n) is 5.85. The van der Waals surface area contributed by atoms with E-state index in [0.29, 0.717) is 0 Å². The van der Waals surface area contributed by atoms with E-state index in [1.165, 1.54) is 30.4 Å². The largest absolute Gasteiger partial charge is 0.392 e. The average molecular weight is 396 g/mol. The first-order chi connectivity index (χ1) is 14.1. The van der Waals surface area contributed by atoms with E-state index in [1.807, 2.05) is 18.2 Å². The van der Waals surface area contributed by atoms with Gasteiger partial charge in [0.2, 0.25) is 0 Å². The highest BCUT2D eigenvalue weighted by atomic mass is 16.3. The molecule has 0 heterocycles. The van der Waals surface area contributed by atoms with Crippen LogP contribution in [0.15, 0.2) is 48.5 Å². The van der Waals surface area contributed by atoms with E-state index in [9.17, 15) is 10.2 Å². The summed E-state index contributed by atoms with van der Waals surface area (Å²) in [5, 5.41) is 22.3. The minimum atomic E-state index is -0.0396. The molecule has 3 nitrogen and oxygen atoms in total. The molecule has 2 rings (SSSR count). The zero-order valence-electron chi connectivity index (χ0n) is 18.2. The number of allylic oxidation sites excluding steroid dienone is 2. The molecule has 0 atom stereocenters. The van der Waals surface area contributed by atoms with Crippen molar-refractivity contribution in [2.75, 3.05) is 11.9 Å². The highest BCUT2D eigenvalue weighted by Gasteiger charge is 2.04. The summed E-state index contributed by atoms with van der Waals surface area (Å²) in [5.41, 5.74) is 6.50. The van der Waals surface area contributed by atoms with Crippen molar-refractivity contribution in [3.63, 3.8) is 0 Å². The molecule has 0 radical (unpaired) electrons. The predicted molar refractivity (Wildman–Crippen MR) is 124 cm³/mol. The molecule has 0 saturated heterocycles. The van der Waals surface area contributed by atoms with E-state index in [0.717, 1.165) is 47.7 Å². The smallest absolute Gasteiger partial charge is 0.0685 e. The molecule has 29 heavy (non-hydrogen) atoms. The lowest BCUT2D eigenvalue weighted by Crippen LogP contribution is -2.06. The lowest BCUT2D eigenvalue weighted by Gasteiger charge is -2.12. The van der Waals surface area contributed by atoms with Crippen molar-refractivity contribution < 1.29 is 10.2 Å². The van der Waals surface area contributed by atoms with Crippen molar-refractivity contribution in [2.24, 2.45) is 5.92 Å². The molecule has 3 heteroatoms. The van der Waals surface area contributed by atoms with Crippen LogP contribution in [0.4, 0.5) is 5.69 Å². The topological polar surface area (TPSA) is 52.5 Å². The van der Waals surface area contributed by atoms with Gasteiger partial charge >= 0.3 is 0 Å². The highest BCUT2D eigenvalue weighted by Crippen LogP contribution is 2.21. The maximum absolute atomic E-state index is 9.45. The molecule has 0 saturated carbocycles. The number of aliphatic hydroxyl groups excluding tert-OH is 2. The number of benzene rings is 2. The first kappa shape index (κ1) is 23.2. The SMILES string of the molecule is CCC(CC)CC/C=C(\C)c1cccc(NCCc2ccc(CO)c(CO)c2)c1. The normalized spacial score (nSPS) is 11.9. The Morgan fingerprint density at radius 1 is 1.00 bits per heavy atom. The maximum Gasteiger partial charge on any atom is 0.0685 e. The van der Waals surface area contributed by atoms with Gasteiger partial charge in [0.1, 0.15) is 0 Å². The van der Waals surface area contributed by atoms with Crippen molar-refractivity contribution in [2.45, 2.75) is 66.1 Å². The molecule has 0 amide bonds. The van der Waals surface area contributed by atoms with Gasteiger partial charge in [0, 0.05) is 12.2 Å². The van der Waals surface area contributed by atoms with E-state index in [1.54, 1.807) is 0 Å². The van der Waals surface area contributed by atoms with Crippen LogP contribution in [0.3, 0.4) is 0 Å². The van der Waals surface area contributed by atoms with Gasteiger partial charge in [0.15, 0.2) is 0 Å². The Bertz CT molecular complexity index is 778. The van der Waals surface area contributed by atoms with E-state index in [-0.39, 0.29) is 13.2 Å². The molecule has 0 bridgehead atoms. The summed E-state index contributed by atoms with van der Waals surface area (Å²) >= 11 is 0. The van der Waals surface area contributed by atoms with Crippen LogP contribution in [-0.4, -0.2) is 16.8 Å². The van der Waals surface area contributed by atoms with Crippen LogP contribution in [0.2, 0.25) is 0 Å². The Morgan fingerprint density at radius 2 is 1.76 bits per heavy atom.